The molecule has 0 bridgehead atoms. The predicted octanol–water partition coefficient (Wildman–Crippen LogP) is 4.21. The van der Waals surface area contributed by atoms with Crippen molar-refractivity contribution in [3.05, 3.63) is 51.4 Å². The van der Waals surface area contributed by atoms with E-state index in [-0.39, 0.29) is 42.4 Å². The molecular weight excluding hydrogens is 504 g/mol. The number of benzene rings is 1. The summed E-state index contributed by atoms with van der Waals surface area (Å²) >= 11 is 7.22. The third-order valence-electron chi connectivity index (χ3n) is 3.41. The van der Waals surface area contributed by atoms with Crippen LogP contribution in [0.15, 0.2) is 41.4 Å². The van der Waals surface area contributed by atoms with Crippen LogP contribution in [0.3, 0.4) is 0 Å². The van der Waals surface area contributed by atoms with Gasteiger partial charge in [-0.3, -0.25) is 4.99 Å². The number of aliphatic imine (C=N–C) groups is 1. The van der Waals surface area contributed by atoms with Crippen molar-refractivity contribution in [2.24, 2.45) is 4.99 Å². The summed E-state index contributed by atoms with van der Waals surface area (Å²) in [5, 5.41) is 16.4. The van der Waals surface area contributed by atoms with Crippen LogP contribution in [0.4, 0.5) is 4.39 Å². The number of thiophene rings is 1. The molecule has 0 saturated heterocycles. The van der Waals surface area contributed by atoms with Gasteiger partial charge in [-0.25, -0.2) is 4.39 Å². The summed E-state index contributed by atoms with van der Waals surface area (Å²) < 4.78 is 19.8. The Balaban J connectivity index is 0.00000364. The lowest BCUT2D eigenvalue weighted by atomic mass is 10.3. The molecule has 2 atom stereocenters. The number of hydrogen-bond acceptors (Lipinski definition) is 4. The largest absolute Gasteiger partial charge is 0.486 e. The molecule has 0 aliphatic rings. The minimum Gasteiger partial charge on any atom is -0.486 e. The monoisotopic (exact) mass is 527 g/mol. The van der Waals surface area contributed by atoms with Gasteiger partial charge < -0.3 is 20.5 Å². The van der Waals surface area contributed by atoms with Crippen LogP contribution in [0.5, 0.6) is 5.75 Å². The Labute approximate surface area is 185 Å². The highest BCUT2D eigenvalue weighted by atomic mass is 127. The van der Waals surface area contributed by atoms with E-state index in [0.717, 1.165) is 4.88 Å². The van der Waals surface area contributed by atoms with Crippen molar-refractivity contribution in [2.45, 2.75) is 26.1 Å². The average molecular weight is 528 g/mol. The highest BCUT2D eigenvalue weighted by Crippen LogP contribution is 2.26. The van der Waals surface area contributed by atoms with Crippen LogP contribution in [0.1, 0.15) is 24.8 Å². The van der Waals surface area contributed by atoms with E-state index in [1.807, 2.05) is 13.8 Å². The lowest BCUT2D eigenvalue weighted by Gasteiger charge is -2.18. The summed E-state index contributed by atoms with van der Waals surface area (Å²) in [4.78, 5) is 5.14. The van der Waals surface area contributed by atoms with Gasteiger partial charge in [-0.1, -0.05) is 23.7 Å². The Morgan fingerprint density at radius 1 is 1.30 bits per heavy atom. The van der Waals surface area contributed by atoms with Crippen molar-refractivity contribution in [2.75, 3.05) is 19.6 Å². The predicted molar refractivity (Wildman–Crippen MR) is 120 cm³/mol. The lowest BCUT2D eigenvalue weighted by molar-refractivity contribution is 0.190. The second-order valence-electron chi connectivity index (χ2n) is 5.62. The maximum Gasteiger partial charge on any atom is 0.191 e. The van der Waals surface area contributed by atoms with E-state index in [4.69, 9.17) is 16.3 Å². The molecule has 0 saturated carbocycles. The van der Waals surface area contributed by atoms with Gasteiger partial charge in [-0.15, -0.1) is 35.3 Å². The first-order valence-electron chi connectivity index (χ1n) is 8.36. The van der Waals surface area contributed by atoms with E-state index in [1.54, 1.807) is 30.3 Å². The van der Waals surface area contributed by atoms with Crippen molar-refractivity contribution in [3.8, 4) is 5.75 Å². The first-order valence-corrected chi connectivity index (χ1v) is 9.55. The maximum atomic E-state index is 13.6. The quantitative estimate of drug-likeness (QED) is 0.273. The number of ether oxygens (including phenoxy) is 1. The van der Waals surface area contributed by atoms with Crippen LogP contribution in [0.25, 0.3) is 0 Å². The Kier molecular flexibility index (Phi) is 11.0. The number of para-hydroxylation sites is 1. The van der Waals surface area contributed by atoms with Gasteiger partial charge in [0.1, 0.15) is 12.2 Å². The third-order valence-corrected chi connectivity index (χ3v) is 4.74. The number of halogens is 3. The minimum absolute atomic E-state index is 0. The standard InChI is InChI=1S/C18H23ClFN3O2S.HI/c1-3-21-18(23-11-14(24)16-8-9-17(19)26-16)22-10-12(2)25-15-7-5-4-6-13(15)20;/h4-9,12,14,24H,3,10-11H2,1-2H3,(H2,21,22,23);1H. The van der Waals surface area contributed by atoms with Crippen LogP contribution < -0.4 is 15.4 Å². The van der Waals surface area contributed by atoms with Gasteiger partial charge in [-0.05, 0) is 38.1 Å². The number of nitrogens with zero attached hydrogens (tertiary/aromatic N) is 1. The molecule has 2 aromatic rings. The van der Waals surface area contributed by atoms with Crippen molar-refractivity contribution in [3.63, 3.8) is 0 Å². The van der Waals surface area contributed by atoms with Crippen LogP contribution in [0, 0.1) is 5.82 Å². The number of rotatable bonds is 8. The second kappa shape index (κ2) is 12.4. The van der Waals surface area contributed by atoms with Crippen LogP contribution in [0.2, 0.25) is 4.34 Å². The fourth-order valence-corrected chi connectivity index (χ4v) is 3.19. The molecule has 27 heavy (non-hydrogen) atoms. The number of aliphatic hydroxyl groups excluding tert-OH is 1. The van der Waals surface area contributed by atoms with E-state index in [1.165, 1.54) is 17.4 Å². The number of hydrogen-bond donors (Lipinski definition) is 3. The molecule has 1 heterocycles. The Bertz CT molecular complexity index is 732. The normalized spacial score (nSPS) is 13.4. The smallest absolute Gasteiger partial charge is 0.191 e. The van der Waals surface area contributed by atoms with Crippen molar-refractivity contribution < 1.29 is 14.2 Å². The average Bonchev–Trinajstić information content (AvgIpc) is 3.05. The molecule has 0 radical (unpaired) electrons. The zero-order valence-electron chi connectivity index (χ0n) is 15.1. The Hall–Kier alpha value is -1.10. The molecule has 9 heteroatoms. The third kappa shape index (κ3) is 8.20. The topological polar surface area (TPSA) is 65.9 Å². The zero-order valence-corrected chi connectivity index (χ0v) is 19.0. The van der Waals surface area contributed by atoms with E-state index in [9.17, 15) is 9.50 Å². The number of guanidine groups is 1. The zero-order chi connectivity index (χ0) is 18.9. The molecule has 3 N–H and O–H groups in total. The van der Waals surface area contributed by atoms with E-state index < -0.39 is 11.9 Å². The van der Waals surface area contributed by atoms with Gasteiger partial charge in [0.25, 0.3) is 0 Å². The van der Waals surface area contributed by atoms with E-state index >= 15 is 0 Å². The molecular formula is C18H24ClFIN3O2S. The molecule has 0 aliphatic carbocycles. The van der Waals surface area contributed by atoms with Crippen LogP contribution >= 0.6 is 46.9 Å². The number of nitrogens with one attached hydrogen (secondary N) is 2. The van der Waals surface area contributed by atoms with Gasteiger partial charge >= 0.3 is 0 Å². The second-order valence-corrected chi connectivity index (χ2v) is 7.36. The van der Waals surface area contributed by atoms with Crippen molar-refractivity contribution >= 4 is 52.9 Å². The summed E-state index contributed by atoms with van der Waals surface area (Å²) in [6, 6.07) is 9.83. The molecule has 1 aromatic heterocycles. The molecule has 0 aliphatic heterocycles. The molecule has 2 unspecified atom stereocenters. The lowest BCUT2D eigenvalue weighted by Crippen LogP contribution is -2.42. The fraction of sp³-hybridized carbons (Fsp3) is 0.389. The van der Waals surface area contributed by atoms with E-state index in [0.29, 0.717) is 23.4 Å². The molecule has 5 nitrogen and oxygen atoms in total. The highest BCUT2D eigenvalue weighted by Gasteiger charge is 2.12. The van der Waals surface area contributed by atoms with Crippen LogP contribution in [-0.4, -0.2) is 36.8 Å². The molecule has 0 amide bonds. The summed E-state index contributed by atoms with van der Waals surface area (Å²) in [5.41, 5.74) is 0. The summed E-state index contributed by atoms with van der Waals surface area (Å²) in [5.74, 6) is 0.379. The summed E-state index contributed by atoms with van der Waals surface area (Å²) in [7, 11) is 0. The van der Waals surface area contributed by atoms with Gasteiger partial charge in [0.05, 0.1) is 17.4 Å². The molecule has 2 rings (SSSR count). The van der Waals surface area contributed by atoms with Gasteiger partial charge in [0.2, 0.25) is 0 Å². The molecule has 1 aromatic carbocycles. The highest BCUT2D eigenvalue weighted by molar-refractivity contribution is 14.0. The van der Waals surface area contributed by atoms with Crippen molar-refractivity contribution in [1.82, 2.24) is 10.6 Å². The van der Waals surface area contributed by atoms with Gasteiger partial charge in [0.15, 0.2) is 17.5 Å². The number of aliphatic hydroxyl groups is 1. The van der Waals surface area contributed by atoms with E-state index in [2.05, 4.69) is 15.6 Å². The Morgan fingerprint density at radius 3 is 2.67 bits per heavy atom. The molecule has 0 spiro atoms. The molecule has 150 valence electrons. The summed E-state index contributed by atoms with van der Waals surface area (Å²) in [6.07, 6.45) is -0.980. The van der Waals surface area contributed by atoms with Crippen molar-refractivity contribution in [1.29, 1.82) is 0 Å². The van der Waals surface area contributed by atoms with Gasteiger partial charge in [-0.2, -0.15) is 0 Å². The SMILES string of the molecule is CCNC(=NCC(O)c1ccc(Cl)s1)NCC(C)Oc1ccccc1F.I. The first kappa shape index (κ1) is 23.9. The van der Waals surface area contributed by atoms with Gasteiger partial charge in [0, 0.05) is 11.4 Å². The first-order chi connectivity index (χ1) is 12.5. The maximum absolute atomic E-state index is 13.6. The minimum atomic E-state index is -0.713. The fourth-order valence-electron chi connectivity index (χ4n) is 2.16. The molecule has 0 fully saturated rings. The van der Waals surface area contributed by atoms with Crippen LogP contribution in [-0.2, 0) is 0 Å². The summed E-state index contributed by atoms with van der Waals surface area (Å²) in [6.45, 7) is 5.10. The Morgan fingerprint density at radius 2 is 2.04 bits per heavy atom.